The molecule has 6 nitrogen and oxygen atoms in total. The molecule has 0 unspecified atom stereocenters. The van der Waals surface area contributed by atoms with Gasteiger partial charge in [-0.15, -0.1) is 0 Å². The Morgan fingerprint density at radius 3 is 2.00 bits per heavy atom. The Morgan fingerprint density at radius 2 is 1.16 bits per heavy atom. The van der Waals surface area contributed by atoms with Crippen molar-refractivity contribution in [2.75, 3.05) is 0 Å². The Morgan fingerprint density at radius 1 is 0.451 bits per heavy atom. The number of nitrogens with zero attached hydrogens (tertiary/aromatic N) is 4. The molecule has 51 heavy (non-hydrogen) atoms. The molecule has 7 aromatic carbocycles. The Kier molecular flexibility index (Phi) is 3.12. The van der Waals surface area contributed by atoms with E-state index in [0.717, 1.165) is 4.57 Å². The van der Waals surface area contributed by atoms with Gasteiger partial charge in [-0.25, -0.2) is 4.98 Å². The fraction of sp³-hybridized carbons (Fsp3) is 0. The van der Waals surface area contributed by atoms with Gasteiger partial charge in [-0.2, -0.15) is 9.97 Å². The van der Waals surface area contributed by atoms with E-state index < -0.39 is 138 Å². The first-order valence-electron chi connectivity index (χ1n) is 25.3. The number of hydrogen-bond acceptors (Lipinski definition) is 5. The monoisotopic (exact) mass is 674 g/mol. The lowest BCUT2D eigenvalue weighted by Gasteiger charge is -2.11. The van der Waals surface area contributed by atoms with Crippen molar-refractivity contribution in [2.45, 2.75) is 0 Å². The first-order chi connectivity index (χ1) is 33.6. The van der Waals surface area contributed by atoms with Gasteiger partial charge < -0.3 is 8.83 Å². The number of benzene rings is 7. The van der Waals surface area contributed by atoms with E-state index in [0.29, 0.717) is 10.8 Å². The summed E-state index contributed by atoms with van der Waals surface area (Å²) in [6, 6.07) is -3.57. The maximum Gasteiger partial charge on any atom is 0.238 e. The van der Waals surface area contributed by atoms with Crippen LogP contribution < -0.4 is 0 Å². The summed E-state index contributed by atoms with van der Waals surface area (Å²) in [5.74, 6) is -1.35. The molecule has 4 aromatic heterocycles. The van der Waals surface area contributed by atoms with E-state index in [1.165, 1.54) is 12.1 Å². The molecule has 0 aliphatic carbocycles. The van der Waals surface area contributed by atoms with Crippen molar-refractivity contribution in [1.82, 2.24) is 19.5 Å². The normalized spacial score (nSPS) is 17.4. The van der Waals surface area contributed by atoms with Gasteiger partial charge >= 0.3 is 0 Å². The van der Waals surface area contributed by atoms with E-state index >= 15 is 0 Å². The third kappa shape index (κ3) is 4.20. The molecule has 0 radical (unpaired) electrons. The first kappa shape index (κ1) is 14.8. The van der Waals surface area contributed by atoms with Crippen molar-refractivity contribution in [3.05, 3.63) is 157 Å². The predicted molar refractivity (Wildman–Crippen MR) is 205 cm³/mol. The molecular formula is C45H26N4O2. The second-order valence-electron chi connectivity index (χ2n) is 11.3. The molecule has 0 saturated heterocycles. The van der Waals surface area contributed by atoms with Gasteiger partial charge in [0.2, 0.25) is 5.95 Å². The molecule has 11 rings (SSSR count). The molecule has 0 N–H and O–H groups in total. The number of rotatable bonds is 4. The van der Waals surface area contributed by atoms with Crippen molar-refractivity contribution in [2.24, 2.45) is 0 Å². The van der Waals surface area contributed by atoms with E-state index in [2.05, 4.69) is 9.97 Å². The molecular weight excluding hydrogens is 629 g/mol. The fourth-order valence-corrected chi connectivity index (χ4v) is 6.45. The van der Waals surface area contributed by atoms with Crippen molar-refractivity contribution < 1.29 is 36.2 Å². The molecule has 6 heteroatoms. The summed E-state index contributed by atoms with van der Waals surface area (Å²) < 4.78 is 187. The van der Waals surface area contributed by atoms with E-state index in [4.69, 9.17) is 35.8 Å². The topological polar surface area (TPSA) is 69.9 Å². The van der Waals surface area contributed by atoms with Crippen LogP contribution in [0.2, 0.25) is 0 Å². The van der Waals surface area contributed by atoms with E-state index in [-0.39, 0.29) is 77.4 Å². The van der Waals surface area contributed by atoms with Crippen molar-refractivity contribution in [1.29, 1.82) is 0 Å². The molecule has 4 heterocycles. The van der Waals surface area contributed by atoms with Gasteiger partial charge in [0.1, 0.15) is 22.3 Å². The number of fused-ring (bicyclic) bond motifs is 10. The summed E-state index contributed by atoms with van der Waals surface area (Å²) in [6.07, 6.45) is 0. The lowest BCUT2D eigenvalue weighted by atomic mass is 9.99. The van der Waals surface area contributed by atoms with Crippen LogP contribution in [0.3, 0.4) is 0 Å². The highest BCUT2D eigenvalue weighted by molar-refractivity contribution is 6.27. The van der Waals surface area contributed by atoms with Gasteiger partial charge in [-0.1, -0.05) is 115 Å². The lowest BCUT2D eigenvalue weighted by molar-refractivity contribution is 0.669. The molecule has 0 bridgehead atoms. The number of furan rings is 2. The SMILES string of the molecule is [2H]c1c([2H])c([2H])c(-c2nc(-c3ccc4c(c3)oc3cccc(-c5c([2H])c([2H])c([2H])c([2H])c5[2H])c34)nc(-n3c4c([2H])c([2H])c([2H])c([2H])c4c4c5c(oc6c([2H])c([2H])c([2H])c([2H])c65)c([2H])c([2H])c43)n2)c([2H])c1[2H]. The van der Waals surface area contributed by atoms with Crippen LogP contribution in [-0.4, -0.2) is 19.5 Å². The van der Waals surface area contributed by atoms with Crippen LogP contribution in [-0.2, 0) is 0 Å². The van der Waals surface area contributed by atoms with Gasteiger partial charge in [-0.3, -0.25) is 4.57 Å². The molecule has 0 fully saturated rings. The van der Waals surface area contributed by atoms with Gasteiger partial charge in [0.15, 0.2) is 11.6 Å². The minimum Gasteiger partial charge on any atom is -0.456 e. The van der Waals surface area contributed by atoms with Crippen molar-refractivity contribution in [3.8, 4) is 39.9 Å². The number of aromatic nitrogens is 4. The van der Waals surface area contributed by atoms with Gasteiger partial charge in [-0.05, 0) is 53.5 Å². The highest BCUT2D eigenvalue weighted by Crippen LogP contribution is 2.42. The van der Waals surface area contributed by atoms with E-state index in [9.17, 15) is 5.48 Å². The zero-order chi connectivity index (χ0) is 50.9. The standard InChI is InChI=1S/C45H26N4O2/c1-3-12-27(13-4-1)30-18-11-21-37-40(30)33-23-22-29(26-39(33)51-37)44-46-43(28-14-5-2-6-15-28)47-45(48-44)49-34-19-9-7-16-31(34)41-35(49)24-25-38-42(41)32-17-8-10-20-36(32)50-38/h1-26H/i1D,2D,3D,4D,5D,6D,7D,8D,9D,10D,12D,13D,14D,15D,16D,17D,19D,20D,24D,25D. The molecule has 0 spiro atoms. The molecule has 0 aliphatic heterocycles. The molecule has 0 aliphatic rings. The van der Waals surface area contributed by atoms with Crippen LogP contribution in [0.5, 0.6) is 0 Å². The van der Waals surface area contributed by atoms with Crippen LogP contribution in [0, 0.1) is 0 Å². The van der Waals surface area contributed by atoms with Crippen molar-refractivity contribution in [3.63, 3.8) is 0 Å². The summed E-state index contributed by atoms with van der Waals surface area (Å²) >= 11 is 0. The molecule has 0 atom stereocenters. The first-order valence-corrected chi connectivity index (χ1v) is 15.3. The van der Waals surface area contributed by atoms with Gasteiger partial charge in [0.25, 0.3) is 0 Å². The van der Waals surface area contributed by atoms with E-state index in [1.54, 1.807) is 24.3 Å². The Bertz CT molecular complexity index is 4260. The fourth-order valence-electron chi connectivity index (χ4n) is 6.45. The lowest BCUT2D eigenvalue weighted by Crippen LogP contribution is -2.06. The second kappa shape index (κ2) is 10.7. The molecule has 11 aromatic rings. The average Bonchev–Trinajstić information content (AvgIpc) is 4.06. The summed E-state index contributed by atoms with van der Waals surface area (Å²) in [7, 11) is 0. The largest absolute Gasteiger partial charge is 0.456 e. The summed E-state index contributed by atoms with van der Waals surface area (Å²) in [5, 5.41) is -0.112. The third-order valence-corrected chi connectivity index (χ3v) is 8.55. The Balaban J connectivity index is 1.28. The third-order valence-electron chi connectivity index (χ3n) is 8.55. The highest BCUT2D eigenvalue weighted by Gasteiger charge is 2.22. The van der Waals surface area contributed by atoms with Crippen LogP contribution >= 0.6 is 0 Å². The zero-order valence-corrected chi connectivity index (χ0v) is 25.6. The number of hydrogen-bond donors (Lipinski definition) is 0. The minimum absolute atomic E-state index is 0.0754. The smallest absolute Gasteiger partial charge is 0.238 e. The van der Waals surface area contributed by atoms with Crippen LogP contribution in [0.15, 0.2) is 166 Å². The Labute approximate surface area is 319 Å². The summed E-state index contributed by atoms with van der Waals surface area (Å²) in [6.45, 7) is 0. The highest BCUT2D eigenvalue weighted by atomic mass is 16.3. The number of para-hydroxylation sites is 2. The maximum absolute atomic E-state index is 9.45. The van der Waals surface area contributed by atoms with E-state index in [1.807, 2.05) is 0 Å². The van der Waals surface area contributed by atoms with Gasteiger partial charge in [0.05, 0.1) is 38.4 Å². The molecule has 238 valence electrons. The molecule has 0 saturated carbocycles. The summed E-state index contributed by atoms with van der Waals surface area (Å²) in [5.41, 5.74) is -1.27. The molecule has 0 amide bonds. The Hall–Kier alpha value is -7.05. The van der Waals surface area contributed by atoms with Crippen LogP contribution in [0.25, 0.3) is 106 Å². The van der Waals surface area contributed by atoms with Crippen LogP contribution in [0.1, 0.15) is 27.4 Å². The zero-order valence-electron chi connectivity index (χ0n) is 45.6. The minimum atomic E-state index is -0.752. The van der Waals surface area contributed by atoms with Gasteiger partial charge in [0, 0.05) is 43.4 Å². The predicted octanol–water partition coefficient (Wildman–Crippen LogP) is 11.8. The quantitative estimate of drug-likeness (QED) is 0.186. The maximum atomic E-state index is 9.45. The summed E-state index contributed by atoms with van der Waals surface area (Å²) in [4.78, 5) is 13.9. The van der Waals surface area contributed by atoms with Crippen molar-refractivity contribution >= 4 is 65.7 Å². The average molecular weight is 675 g/mol. The van der Waals surface area contributed by atoms with Crippen LogP contribution in [0.4, 0.5) is 0 Å². The second-order valence-corrected chi connectivity index (χ2v) is 11.3.